The average Bonchev–Trinajstić information content (AvgIpc) is 3.11. The lowest BCUT2D eigenvalue weighted by molar-refractivity contribution is 0.0469. The molecule has 0 spiro atoms. The maximum atomic E-state index is 12.6. The van der Waals surface area contributed by atoms with Gasteiger partial charge in [0.25, 0.3) is 0 Å². The van der Waals surface area contributed by atoms with E-state index in [1.807, 2.05) is 48.9 Å². The number of ether oxygens (including phenoxy) is 2. The van der Waals surface area contributed by atoms with Gasteiger partial charge in [-0.2, -0.15) is 5.10 Å². The lowest BCUT2D eigenvalue weighted by Gasteiger charge is -2.10. The molecule has 0 unspecified atom stereocenters. The zero-order valence-electron chi connectivity index (χ0n) is 16.6. The fourth-order valence-electron chi connectivity index (χ4n) is 3.00. The van der Waals surface area contributed by atoms with Gasteiger partial charge in [0.1, 0.15) is 17.9 Å². The number of carbonyl (C=O) groups is 1. The van der Waals surface area contributed by atoms with Crippen molar-refractivity contribution in [3.05, 3.63) is 95.7 Å². The van der Waals surface area contributed by atoms with E-state index < -0.39 is 5.97 Å². The first kappa shape index (κ1) is 19.3. The van der Waals surface area contributed by atoms with Crippen LogP contribution in [0, 0.1) is 13.8 Å². The molecule has 0 amide bonds. The molecular weight excluding hydrogens is 380 g/mol. The molecular formula is C23H20N4O3. The van der Waals surface area contributed by atoms with Gasteiger partial charge < -0.3 is 9.47 Å². The summed E-state index contributed by atoms with van der Waals surface area (Å²) in [7, 11) is 0. The zero-order chi connectivity index (χ0) is 20.9. The standard InChI is InChI=1S/C23H20N4O3/c1-16-13-17(2)27(26-16)19-9-7-18(8-10-19)15-29-23(28)21-6-4-12-25-22(21)30-20-5-3-11-24-14-20/h3-14H,15H2,1-2H3. The molecule has 7 heteroatoms. The number of aromatic nitrogens is 4. The fraction of sp³-hybridized carbons (Fsp3) is 0.130. The van der Waals surface area contributed by atoms with Crippen molar-refractivity contribution in [1.82, 2.24) is 19.7 Å². The number of rotatable bonds is 6. The summed E-state index contributed by atoms with van der Waals surface area (Å²) in [6, 6.07) is 16.5. The van der Waals surface area contributed by atoms with Crippen LogP contribution < -0.4 is 4.74 Å². The minimum absolute atomic E-state index is 0.136. The van der Waals surface area contributed by atoms with E-state index in [1.54, 1.807) is 42.9 Å². The molecule has 0 N–H and O–H groups in total. The molecule has 3 heterocycles. The molecule has 0 atom stereocenters. The molecule has 0 aliphatic heterocycles. The summed E-state index contributed by atoms with van der Waals surface area (Å²) in [5, 5.41) is 4.47. The Morgan fingerprint density at radius 2 is 1.83 bits per heavy atom. The number of hydrogen-bond donors (Lipinski definition) is 0. The molecule has 0 radical (unpaired) electrons. The van der Waals surface area contributed by atoms with Gasteiger partial charge >= 0.3 is 5.97 Å². The number of aryl methyl sites for hydroxylation is 2. The molecule has 7 nitrogen and oxygen atoms in total. The minimum Gasteiger partial charge on any atom is -0.457 e. The van der Waals surface area contributed by atoms with E-state index in [0.29, 0.717) is 5.75 Å². The summed E-state index contributed by atoms with van der Waals surface area (Å²) in [5.41, 5.74) is 4.10. The third-order valence-electron chi connectivity index (χ3n) is 4.40. The Morgan fingerprint density at radius 3 is 2.53 bits per heavy atom. The first-order valence-electron chi connectivity index (χ1n) is 9.43. The van der Waals surface area contributed by atoms with E-state index in [0.717, 1.165) is 22.6 Å². The quantitative estimate of drug-likeness (QED) is 0.446. The van der Waals surface area contributed by atoms with Crippen molar-refractivity contribution < 1.29 is 14.3 Å². The van der Waals surface area contributed by atoms with Gasteiger partial charge in [-0.05, 0) is 61.9 Å². The Labute approximate surface area is 173 Å². The lowest BCUT2D eigenvalue weighted by atomic mass is 10.2. The van der Waals surface area contributed by atoms with Gasteiger partial charge in [0.05, 0.1) is 17.6 Å². The van der Waals surface area contributed by atoms with Gasteiger partial charge in [0.2, 0.25) is 5.88 Å². The predicted molar refractivity (Wildman–Crippen MR) is 111 cm³/mol. The maximum absolute atomic E-state index is 12.6. The highest BCUT2D eigenvalue weighted by Gasteiger charge is 2.16. The maximum Gasteiger partial charge on any atom is 0.344 e. The zero-order valence-corrected chi connectivity index (χ0v) is 16.6. The summed E-state index contributed by atoms with van der Waals surface area (Å²) in [4.78, 5) is 20.7. The molecule has 0 aliphatic carbocycles. The topological polar surface area (TPSA) is 79.1 Å². The highest BCUT2D eigenvalue weighted by atomic mass is 16.5. The van der Waals surface area contributed by atoms with Gasteiger partial charge in [0, 0.05) is 18.1 Å². The van der Waals surface area contributed by atoms with Crippen LogP contribution in [0.5, 0.6) is 11.6 Å². The van der Waals surface area contributed by atoms with Crippen molar-refractivity contribution in [2.75, 3.05) is 0 Å². The van der Waals surface area contributed by atoms with Gasteiger partial charge in [0.15, 0.2) is 0 Å². The molecule has 4 aromatic rings. The number of pyridine rings is 2. The van der Waals surface area contributed by atoms with Crippen molar-refractivity contribution in [2.45, 2.75) is 20.5 Å². The van der Waals surface area contributed by atoms with Crippen LogP contribution in [0.3, 0.4) is 0 Å². The fourth-order valence-corrected chi connectivity index (χ4v) is 3.00. The first-order valence-corrected chi connectivity index (χ1v) is 9.43. The van der Waals surface area contributed by atoms with Crippen molar-refractivity contribution >= 4 is 5.97 Å². The van der Waals surface area contributed by atoms with Crippen molar-refractivity contribution in [2.24, 2.45) is 0 Å². The predicted octanol–water partition coefficient (Wildman–Crippen LogP) is 4.43. The molecule has 3 aromatic heterocycles. The van der Waals surface area contributed by atoms with Gasteiger partial charge in [-0.25, -0.2) is 14.5 Å². The second kappa shape index (κ2) is 8.57. The van der Waals surface area contributed by atoms with Crippen LogP contribution in [0.4, 0.5) is 0 Å². The van der Waals surface area contributed by atoms with Gasteiger partial charge in [-0.15, -0.1) is 0 Å². The minimum atomic E-state index is -0.510. The van der Waals surface area contributed by atoms with Crippen molar-refractivity contribution in [3.8, 4) is 17.3 Å². The number of carbonyl (C=O) groups excluding carboxylic acids is 1. The Hall–Kier alpha value is -4.00. The highest BCUT2D eigenvalue weighted by molar-refractivity contribution is 5.91. The van der Waals surface area contributed by atoms with Gasteiger partial charge in [-0.3, -0.25) is 4.98 Å². The van der Waals surface area contributed by atoms with Crippen LogP contribution in [0.1, 0.15) is 27.3 Å². The summed E-state index contributed by atoms with van der Waals surface area (Å²) in [5.74, 6) is 0.157. The molecule has 30 heavy (non-hydrogen) atoms. The molecule has 0 saturated heterocycles. The first-order chi connectivity index (χ1) is 14.6. The Balaban J connectivity index is 1.43. The van der Waals surface area contributed by atoms with Gasteiger partial charge in [-0.1, -0.05) is 12.1 Å². The number of benzene rings is 1. The summed E-state index contributed by atoms with van der Waals surface area (Å²) in [6.07, 6.45) is 4.74. The molecule has 150 valence electrons. The molecule has 0 fully saturated rings. The van der Waals surface area contributed by atoms with Crippen LogP contribution in [-0.4, -0.2) is 25.7 Å². The van der Waals surface area contributed by atoms with E-state index >= 15 is 0 Å². The Kier molecular flexibility index (Phi) is 5.52. The Bertz CT molecular complexity index is 1150. The highest BCUT2D eigenvalue weighted by Crippen LogP contribution is 2.23. The van der Waals surface area contributed by atoms with E-state index in [9.17, 15) is 4.79 Å². The van der Waals surface area contributed by atoms with Crippen LogP contribution in [0.15, 0.2) is 73.2 Å². The van der Waals surface area contributed by atoms with E-state index in [4.69, 9.17) is 9.47 Å². The number of hydrogen-bond acceptors (Lipinski definition) is 6. The smallest absolute Gasteiger partial charge is 0.344 e. The van der Waals surface area contributed by atoms with Crippen LogP contribution in [0.2, 0.25) is 0 Å². The third kappa shape index (κ3) is 4.35. The third-order valence-corrected chi connectivity index (χ3v) is 4.40. The summed E-state index contributed by atoms with van der Waals surface area (Å²) >= 11 is 0. The normalized spacial score (nSPS) is 10.6. The SMILES string of the molecule is Cc1cc(C)n(-c2ccc(COC(=O)c3cccnc3Oc3cccnc3)cc2)n1. The molecule has 4 rings (SSSR count). The van der Waals surface area contributed by atoms with Crippen LogP contribution in [0.25, 0.3) is 5.69 Å². The van der Waals surface area contributed by atoms with E-state index in [2.05, 4.69) is 15.1 Å². The second-order valence-electron chi connectivity index (χ2n) is 6.73. The molecule has 1 aromatic carbocycles. The second-order valence-corrected chi connectivity index (χ2v) is 6.73. The van der Waals surface area contributed by atoms with Crippen molar-refractivity contribution in [1.29, 1.82) is 0 Å². The van der Waals surface area contributed by atoms with E-state index in [1.165, 1.54) is 0 Å². The summed E-state index contributed by atoms with van der Waals surface area (Å²) in [6.45, 7) is 4.11. The number of esters is 1. The van der Waals surface area contributed by atoms with Crippen molar-refractivity contribution in [3.63, 3.8) is 0 Å². The van der Waals surface area contributed by atoms with E-state index in [-0.39, 0.29) is 18.1 Å². The molecule has 0 aliphatic rings. The largest absolute Gasteiger partial charge is 0.457 e. The number of nitrogens with zero attached hydrogens (tertiary/aromatic N) is 4. The monoisotopic (exact) mass is 400 g/mol. The van der Waals surface area contributed by atoms with Crippen LogP contribution in [-0.2, 0) is 11.3 Å². The molecule has 0 bridgehead atoms. The molecule has 0 saturated carbocycles. The van der Waals surface area contributed by atoms with Crippen LogP contribution >= 0.6 is 0 Å². The Morgan fingerprint density at radius 1 is 1.03 bits per heavy atom. The average molecular weight is 400 g/mol. The lowest BCUT2D eigenvalue weighted by Crippen LogP contribution is -2.08. The summed E-state index contributed by atoms with van der Waals surface area (Å²) < 4.78 is 13.0.